The first kappa shape index (κ1) is 35.5. The lowest BCUT2D eigenvalue weighted by molar-refractivity contribution is 0.0336. The van der Waals surface area contributed by atoms with Gasteiger partial charge in [-0.15, -0.1) is 0 Å². The van der Waals surface area contributed by atoms with Crippen LogP contribution in [-0.2, 0) is 13.9 Å². The highest BCUT2D eigenvalue weighted by Gasteiger charge is 2.45. The number of nitrogens with one attached hydrogen (secondary N) is 2. The number of hydrogen-bond acceptors (Lipinski definition) is 8. The number of nitrogens with zero attached hydrogens (tertiary/aromatic N) is 3. The van der Waals surface area contributed by atoms with Crippen molar-refractivity contribution in [2.24, 2.45) is 5.92 Å². The van der Waals surface area contributed by atoms with Gasteiger partial charge in [0.2, 0.25) is 0 Å². The third-order valence-electron chi connectivity index (χ3n) is 9.47. The predicted molar refractivity (Wildman–Crippen MR) is 194 cm³/mol. The number of anilines is 2. The standard InChI is InChI=1S/C37H51N5O5Si/c1-24-22-42(23-31(41-35(44)46-36(2,3)4)33(24)47-48(8,9)37(5,6)7)32-14-17-38-21-30(32)40-34(43)28-13-12-26-10-11-27(20-29(26)39-28)25-15-18-45-19-16-25/h10-15,17,20-21,24,31,33H,16,18-19,22-23H2,1-9H3,(H,40,43)(H,41,44)/t24-,31+,33?/m0/s1. The quantitative estimate of drug-likeness (QED) is 0.249. The molecule has 0 spiro atoms. The molecular weight excluding hydrogens is 623 g/mol. The van der Waals surface area contributed by atoms with Gasteiger partial charge >= 0.3 is 6.09 Å². The minimum Gasteiger partial charge on any atom is -0.444 e. The van der Waals surface area contributed by atoms with Crippen molar-refractivity contribution in [3.63, 3.8) is 0 Å². The number of benzene rings is 1. The van der Waals surface area contributed by atoms with Crippen LogP contribution in [0.3, 0.4) is 0 Å². The molecule has 1 saturated heterocycles. The first-order valence-corrected chi connectivity index (χ1v) is 19.8. The molecule has 3 aromatic rings. The Labute approximate surface area is 285 Å². The van der Waals surface area contributed by atoms with Crippen molar-refractivity contribution in [1.82, 2.24) is 15.3 Å². The Morgan fingerprint density at radius 1 is 1.04 bits per heavy atom. The molecule has 1 unspecified atom stereocenters. The molecule has 2 N–H and O–H groups in total. The number of aromatic nitrogens is 2. The number of pyridine rings is 2. The fraction of sp³-hybridized carbons (Fsp3) is 0.514. The van der Waals surface area contributed by atoms with E-state index in [9.17, 15) is 9.59 Å². The van der Waals surface area contributed by atoms with Gasteiger partial charge in [-0.3, -0.25) is 9.78 Å². The maximum atomic E-state index is 13.7. The molecule has 2 aromatic heterocycles. The second-order valence-electron chi connectivity index (χ2n) is 15.5. The van der Waals surface area contributed by atoms with Crippen molar-refractivity contribution >= 4 is 48.2 Å². The van der Waals surface area contributed by atoms with Crippen LogP contribution in [0.25, 0.3) is 16.5 Å². The van der Waals surface area contributed by atoms with Crippen LogP contribution in [0, 0.1) is 5.92 Å². The summed E-state index contributed by atoms with van der Waals surface area (Å²) in [6, 6.07) is 11.4. The van der Waals surface area contributed by atoms with Crippen molar-refractivity contribution in [2.75, 3.05) is 36.5 Å². The van der Waals surface area contributed by atoms with Gasteiger partial charge in [-0.2, -0.15) is 0 Å². The van der Waals surface area contributed by atoms with Crippen molar-refractivity contribution in [3.05, 3.63) is 66.1 Å². The molecule has 1 fully saturated rings. The number of ether oxygens (including phenoxy) is 2. The zero-order chi connectivity index (χ0) is 34.9. The monoisotopic (exact) mass is 673 g/mol. The van der Waals surface area contributed by atoms with E-state index in [0.717, 1.165) is 28.6 Å². The van der Waals surface area contributed by atoms with Crippen molar-refractivity contribution < 1.29 is 23.5 Å². The van der Waals surface area contributed by atoms with Crippen LogP contribution in [-0.4, -0.2) is 74.3 Å². The van der Waals surface area contributed by atoms with Gasteiger partial charge in [-0.1, -0.05) is 52.0 Å². The summed E-state index contributed by atoms with van der Waals surface area (Å²) in [4.78, 5) is 38.0. The molecule has 1 aromatic carbocycles. The molecule has 2 amide bonds. The van der Waals surface area contributed by atoms with Crippen LogP contribution in [0.5, 0.6) is 0 Å². The summed E-state index contributed by atoms with van der Waals surface area (Å²) >= 11 is 0. The molecule has 5 rings (SSSR count). The molecule has 3 atom stereocenters. The lowest BCUT2D eigenvalue weighted by Crippen LogP contribution is -2.63. The predicted octanol–water partition coefficient (Wildman–Crippen LogP) is 7.43. The first-order chi connectivity index (χ1) is 22.5. The van der Waals surface area contributed by atoms with E-state index in [1.165, 1.54) is 5.57 Å². The first-order valence-electron chi connectivity index (χ1n) is 16.9. The number of carbonyl (C=O) groups excluding carboxylic acids is 2. The largest absolute Gasteiger partial charge is 0.444 e. The lowest BCUT2D eigenvalue weighted by Gasteiger charge is -2.48. The number of alkyl carbamates (subject to hydrolysis) is 1. The van der Waals surface area contributed by atoms with E-state index in [2.05, 4.69) is 73.4 Å². The van der Waals surface area contributed by atoms with Gasteiger partial charge in [-0.25, -0.2) is 9.78 Å². The summed E-state index contributed by atoms with van der Waals surface area (Å²) in [5.74, 6) is -0.263. The topological polar surface area (TPSA) is 115 Å². The average Bonchev–Trinajstić information content (AvgIpc) is 3.01. The summed E-state index contributed by atoms with van der Waals surface area (Å²) in [5, 5.41) is 7.17. The van der Waals surface area contributed by atoms with Gasteiger partial charge in [-0.05, 0) is 74.7 Å². The van der Waals surface area contributed by atoms with E-state index < -0.39 is 20.0 Å². The summed E-state index contributed by atoms with van der Waals surface area (Å²) < 4.78 is 18.1. The summed E-state index contributed by atoms with van der Waals surface area (Å²) in [6.07, 6.45) is 5.63. The van der Waals surface area contributed by atoms with Crippen LogP contribution >= 0.6 is 0 Å². The molecular formula is C37H51N5O5Si. The fourth-order valence-electron chi connectivity index (χ4n) is 5.94. The third-order valence-corrected chi connectivity index (χ3v) is 13.9. The lowest BCUT2D eigenvalue weighted by atomic mass is 9.92. The van der Waals surface area contributed by atoms with E-state index in [0.29, 0.717) is 37.7 Å². The van der Waals surface area contributed by atoms with E-state index >= 15 is 0 Å². The number of rotatable bonds is 7. The zero-order valence-electron chi connectivity index (χ0n) is 29.8. The van der Waals surface area contributed by atoms with E-state index in [1.807, 2.05) is 45.0 Å². The molecule has 4 heterocycles. The van der Waals surface area contributed by atoms with Crippen LogP contribution in [0.1, 0.15) is 70.9 Å². The third kappa shape index (κ3) is 8.43. The maximum absolute atomic E-state index is 13.7. The molecule has 2 aliphatic rings. The Kier molecular flexibility index (Phi) is 10.3. The SMILES string of the molecule is C[C@H]1CN(c2ccncc2NC(=O)c2ccc3ccc(C4=CCOCC4)cc3n2)C[C@@H](NC(=O)OC(C)(C)C)C1O[Si](C)(C)C(C)(C)C. The van der Waals surface area contributed by atoms with E-state index in [4.69, 9.17) is 18.9 Å². The molecule has 48 heavy (non-hydrogen) atoms. The minimum atomic E-state index is -2.17. The van der Waals surface area contributed by atoms with Crippen molar-refractivity contribution in [2.45, 2.75) is 90.8 Å². The van der Waals surface area contributed by atoms with Crippen LogP contribution in [0.15, 0.2) is 54.9 Å². The molecule has 2 aliphatic heterocycles. The molecule has 258 valence electrons. The maximum Gasteiger partial charge on any atom is 0.408 e. The smallest absolute Gasteiger partial charge is 0.408 e. The summed E-state index contributed by atoms with van der Waals surface area (Å²) in [6.45, 7) is 21.3. The molecule has 0 bridgehead atoms. The second-order valence-corrected chi connectivity index (χ2v) is 20.2. The zero-order valence-corrected chi connectivity index (χ0v) is 30.8. The normalized spacial score (nSPS) is 20.6. The van der Waals surface area contributed by atoms with Crippen molar-refractivity contribution in [3.8, 4) is 0 Å². The Bertz CT molecular complexity index is 1680. The van der Waals surface area contributed by atoms with Gasteiger partial charge < -0.3 is 29.4 Å². The number of piperidine rings is 1. The Balaban J connectivity index is 1.39. The molecule has 0 radical (unpaired) electrons. The van der Waals surface area contributed by atoms with E-state index in [1.54, 1.807) is 18.5 Å². The Hall–Kier alpha value is -3.80. The molecule has 11 heteroatoms. The van der Waals surface area contributed by atoms with Crippen LogP contribution in [0.2, 0.25) is 18.1 Å². The fourth-order valence-corrected chi connectivity index (χ4v) is 7.37. The minimum absolute atomic E-state index is 0.00333. The highest BCUT2D eigenvalue weighted by atomic mass is 28.4. The summed E-state index contributed by atoms with van der Waals surface area (Å²) in [5.41, 5.74) is 4.13. The highest BCUT2D eigenvalue weighted by Crippen LogP contribution is 2.40. The number of amides is 2. The second kappa shape index (κ2) is 14.0. The number of carbonyl (C=O) groups is 2. The molecule has 0 saturated carbocycles. The van der Waals surface area contributed by atoms with Crippen LogP contribution < -0.4 is 15.5 Å². The van der Waals surface area contributed by atoms with Crippen molar-refractivity contribution in [1.29, 1.82) is 0 Å². The van der Waals surface area contributed by atoms with Gasteiger partial charge in [0.15, 0.2) is 8.32 Å². The van der Waals surface area contributed by atoms with Gasteiger partial charge in [0.05, 0.1) is 48.4 Å². The number of hydrogen-bond donors (Lipinski definition) is 2. The Morgan fingerprint density at radius 3 is 2.48 bits per heavy atom. The van der Waals surface area contributed by atoms with Gasteiger partial charge in [0.25, 0.3) is 5.91 Å². The molecule has 10 nitrogen and oxygen atoms in total. The molecule has 0 aliphatic carbocycles. The van der Waals surface area contributed by atoms with Gasteiger partial charge in [0, 0.05) is 30.6 Å². The summed E-state index contributed by atoms with van der Waals surface area (Å²) in [7, 11) is -2.17. The average molecular weight is 674 g/mol. The Morgan fingerprint density at radius 2 is 1.79 bits per heavy atom. The van der Waals surface area contributed by atoms with Gasteiger partial charge in [0.1, 0.15) is 11.3 Å². The number of fused-ring (bicyclic) bond motifs is 1. The highest BCUT2D eigenvalue weighted by molar-refractivity contribution is 6.74. The van der Waals surface area contributed by atoms with E-state index in [-0.39, 0.29) is 29.0 Å². The van der Waals surface area contributed by atoms with Crippen LogP contribution in [0.4, 0.5) is 16.2 Å².